The fourth-order valence-corrected chi connectivity index (χ4v) is 2.29. The van der Waals surface area contributed by atoms with Crippen LogP contribution in [0.15, 0.2) is 0 Å². The van der Waals surface area contributed by atoms with Crippen molar-refractivity contribution < 1.29 is 17.9 Å². The lowest BCUT2D eigenvalue weighted by Crippen LogP contribution is -2.35. The maximum atomic E-state index is 12.4. The van der Waals surface area contributed by atoms with E-state index in [1.165, 1.54) is 0 Å². The lowest BCUT2D eigenvalue weighted by atomic mass is 10.0. The minimum atomic E-state index is -4.25. The highest BCUT2D eigenvalue weighted by Gasteiger charge is 2.31. The van der Waals surface area contributed by atoms with Gasteiger partial charge in [-0.25, -0.2) is 0 Å². The number of hydrogen-bond acceptors (Lipinski definition) is 3. The number of aryl methyl sites for hydroxylation is 1. The molecule has 1 unspecified atom stereocenters. The summed E-state index contributed by atoms with van der Waals surface area (Å²) < 4.78 is 43.6. The molecule has 1 aromatic rings. The summed E-state index contributed by atoms with van der Waals surface area (Å²) in [6, 6.07) is -0.0688. The number of hydrogen-bond donors (Lipinski definition) is 1. The van der Waals surface area contributed by atoms with Crippen molar-refractivity contribution in [1.29, 1.82) is 0 Å². The third kappa shape index (κ3) is 2.84. The van der Waals surface area contributed by atoms with Gasteiger partial charge in [0, 0.05) is 17.8 Å². The van der Waals surface area contributed by atoms with E-state index in [1.54, 1.807) is 13.8 Å². The molecule has 0 bridgehead atoms. The lowest BCUT2D eigenvalue weighted by Gasteiger charge is -2.24. The first kappa shape index (κ1) is 13.4. The summed E-state index contributed by atoms with van der Waals surface area (Å²) in [4.78, 5) is 0. The third-order valence-corrected chi connectivity index (χ3v) is 3.04. The Morgan fingerprint density at radius 1 is 1.44 bits per heavy atom. The van der Waals surface area contributed by atoms with Crippen LogP contribution in [0.5, 0.6) is 0 Å². The molecule has 0 radical (unpaired) electrons. The molecule has 1 aliphatic rings. The largest absolute Gasteiger partial charge is 0.408 e. The highest BCUT2D eigenvalue weighted by Crippen LogP contribution is 2.26. The minimum absolute atomic E-state index is 0.0688. The van der Waals surface area contributed by atoms with Gasteiger partial charge in [-0.15, -0.1) is 0 Å². The second kappa shape index (κ2) is 4.89. The Morgan fingerprint density at radius 3 is 2.72 bits per heavy atom. The second-order valence-electron chi connectivity index (χ2n) is 4.44. The van der Waals surface area contributed by atoms with Gasteiger partial charge in [-0.2, -0.15) is 18.3 Å². The van der Waals surface area contributed by atoms with Gasteiger partial charge in [0.05, 0.1) is 24.9 Å². The monoisotopic (exact) mass is 263 g/mol. The molecule has 0 saturated carbocycles. The molecule has 0 amide bonds. The van der Waals surface area contributed by atoms with Crippen LogP contribution in [-0.2, 0) is 11.3 Å². The molecular weight excluding hydrogens is 247 g/mol. The topological polar surface area (TPSA) is 39.1 Å². The fraction of sp³-hybridized carbons (Fsp3) is 0.727. The molecule has 1 saturated heterocycles. The number of aromatic nitrogens is 2. The molecule has 2 heterocycles. The summed E-state index contributed by atoms with van der Waals surface area (Å²) in [6.45, 7) is 4.15. The van der Waals surface area contributed by atoms with Crippen LogP contribution in [0.1, 0.15) is 23.0 Å². The van der Waals surface area contributed by atoms with E-state index in [0.717, 1.165) is 10.2 Å². The van der Waals surface area contributed by atoms with Crippen LogP contribution in [0.3, 0.4) is 0 Å². The molecule has 7 heteroatoms. The van der Waals surface area contributed by atoms with Crippen LogP contribution < -0.4 is 5.32 Å². The molecule has 0 aliphatic carbocycles. The van der Waals surface area contributed by atoms with E-state index in [0.29, 0.717) is 31.1 Å². The van der Waals surface area contributed by atoms with Crippen molar-refractivity contribution in [2.45, 2.75) is 32.6 Å². The molecule has 4 nitrogen and oxygen atoms in total. The molecule has 0 spiro atoms. The van der Waals surface area contributed by atoms with Crippen molar-refractivity contribution in [3.63, 3.8) is 0 Å². The molecule has 18 heavy (non-hydrogen) atoms. The van der Waals surface area contributed by atoms with Gasteiger partial charge in [0.15, 0.2) is 0 Å². The summed E-state index contributed by atoms with van der Waals surface area (Å²) >= 11 is 0. The quantitative estimate of drug-likeness (QED) is 0.883. The third-order valence-electron chi connectivity index (χ3n) is 3.04. The maximum Gasteiger partial charge on any atom is 0.408 e. The average molecular weight is 263 g/mol. The van der Waals surface area contributed by atoms with Gasteiger partial charge in [0.1, 0.15) is 6.54 Å². The highest BCUT2D eigenvalue weighted by molar-refractivity contribution is 5.28. The van der Waals surface area contributed by atoms with Crippen LogP contribution in [0.25, 0.3) is 0 Å². The highest BCUT2D eigenvalue weighted by atomic mass is 19.4. The van der Waals surface area contributed by atoms with Crippen LogP contribution in [0.4, 0.5) is 13.2 Å². The Kier molecular flexibility index (Phi) is 3.63. The zero-order valence-electron chi connectivity index (χ0n) is 10.3. The van der Waals surface area contributed by atoms with E-state index in [2.05, 4.69) is 10.4 Å². The Bertz CT molecular complexity index is 422. The van der Waals surface area contributed by atoms with Gasteiger partial charge in [0.2, 0.25) is 0 Å². The van der Waals surface area contributed by atoms with Gasteiger partial charge in [-0.1, -0.05) is 0 Å². The van der Waals surface area contributed by atoms with Crippen molar-refractivity contribution in [3.05, 3.63) is 17.0 Å². The molecule has 1 fully saturated rings. The van der Waals surface area contributed by atoms with E-state index in [4.69, 9.17) is 4.74 Å². The SMILES string of the molecule is Cc1nn(CC(F)(F)F)c(C)c1C1COCCN1. The van der Waals surface area contributed by atoms with Crippen LogP contribution >= 0.6 is 0 Å². The van der Waals surface area contributed by atoms with Gasteiger partial charge in [-0.05, 0) is 13.8 Å². The first-order valence-corrected chi connectivity index (χ1v) is 5.80. The Morgan fingerprint density at radius 2 is 2.17 bits per heavy atom. The summed E-state index contributed by atoms with van der Waals surface area (Å²) in [5.41, 5.74) is 1.99. The molecule has 1 atom stereocenters. The van der Waals surface area contributed by atoms with Gasteiger partial charge >= 0.3 is 6.18 Å². The fourth-order valence-electron chi connectivity index (χ4n) is 2.29. The molecular formula is C11H16F3N3O. The predicted octanol–water partition coefficient (Wildman–Crippen LogP) is 1.72. The summed E-state index contributed by atoms with van der Waals surface area (Å²) in [5, 5.41) is 7.21. The molecule has 1 aliphatic heterocycles. The second-order valence-corrected chi connectivity index (χ2v) is 4.44. The van der Waals surface area contributed by atoms with Gasteiger partial charge < -0.3 is 10.1 Å². The van der Waals surface area contributed by atoms with E-state index < -0.39 is 12.7 Å². The maximum absolute atomic E-state index is 12.4. The zero-order valence-corrected chi connectivity index (χ0v) is 10.3. The van der Waals surface area contributed by atoms with Crippen molar-refractivity contribution in [1.82, 2.24) is 15.1 Å². The predicted molar refractivity (Wildman–Crippen MR) is 59.3 cm³/mol. The summed E-state index contributed by atoms with van der Waals surface area (Å²) in [6.07, 6.45) is -4.25. The Hall–Kier alpha value is -1.08. The number of halogens is 3. The number of ether oxygens (including phenoxy) is 1. The first-order valence-electron chi connectivity index (χ1n) is 5.80. The van der Waals surface area contributed by atoms with Crippen LogP contribution in [-0.4, -0.2) is 35.7 Å². The molecule has 1 N–H and O–H groups in total. The lowest BCUT2D eigenvalue weighted by molar-refractivity contribution is -0.143. The van der Waals surface area contributed by atoms with Crippen molar-refractivity contribution >= 4 is 0 Å². The van der Waals surface area contributed by atoms with Crippen LogP contribution in [0, 0.1) is 13.8 Å². The number of alkyl halides is 3. The molecule has 1 aromatic heterocycles. The van der Waals surface area contributed by atoms with E-state index in [1.807, 2.05) is 0 Å². The molecule has 2 rings (SSSR count). The van der Waals surface area contributed by atoms with Gasteiger partial charge in [0.25, 0.3) is 0 Å². The summed E-state index contributed by atoms with van der Waals surface area (Å²) in [7, 11) is 0. The van der Waals surface area contributed by atoms with Crippen molar-refractivity contribution in [3.8, 4) is 0 Å². The van der Waals surface area contributed by atoms with Gasteiger partial charge in [-0.3, -0.25) is 4.68 Å². The molecule has 0 aromatic carbocycles. The number of nitrogens with zero attached hydrogens (tertiary/aromatic N) is 2. The smallest absolute Gasteiger partial charge is 0.378 e. The van der Waals surface area contributed by atoms with Crippen molar-refractivity contribution in [2.24, 2.45) is 0 Å². The Labute approximate surface area is 103 Å². The van der Waals surface area contributed by atoms with E-state index in [9.17, 15) is 13.2 Å². The van der Waals surface area contributed by atoms with E-state index >= 15 is 0 Å². The standard InChI is InChI=1S/C11H16F3N3O/c1-7-10(9-5-18-4-3-15-9)8(2)17(16-7)6-11(12,13)14/h9,15H,3-6H2,1-2H3. The Balaban J connectivity index is 2.25. The average Bonchev–Trinajstić information content (AvgIpc) is 2.53. The van der Waals surface area contributed by atoms with E-state index in [-0.39, 0.29) is 6.04 Å². The summed E-state index contributed by atoms with van der Waals surface area (Å²) in [5.74, 6) is 0. The molecule has 102 valence electrons. The number of nitrogens with one attached hydrogen (secondary N) is 1. The van der Waals surface area contributed by atoms with Crippen molar-refractivity contribution in [2.75, 3.05) is 19.8 Å². The zero-order chi connectivity index (χ0) is 13.3. The minimum Gasteiger partial charge on any atom is -0.378 e. The van der Waals surface area contributed by atoms with Crippen LogP contribution in [0.2, 0.25) is 0 Å². The number of rotatable bonds is 2. The first-order chi connectivity index (χ1) is 8.38. The number of morpholine rings is 1. The normalized spacial score (nSPS) is 21.3.